The second-order valence-electron chi connectivity index (χ2n) is 11.8. The number of hydrogen-bond acceptors (Lipinski definition) is 13. The number of carbonyl (C=O) groups excluding carboxylic acids is 3. The van der Waals surface area contributed by atoms with E-state index in [9.17, 15) is 14.4 Å². The first-order valence-corrected chi connectivity index (χ1v) is 17.3. The molecule has 1 saturated heterocycles. The Morgan fingerprint density at radius 3 is 2.59 bits per heavy atom. The highest BCUT2D eigenvalue weighted by molar-refractivity contribution is 7.16. The van der Waals surface area contributed by atoms with Gasteiger partial charge in [-0.1, -0.05) is 30.4 Å². The summed E-state index contributed by atoms with van der Waals surface area (Å²) < 4.78 is 26.3. The minimum atomic E-state index is -0.640. The number of aryl methyl sites for hydroxylation is 2. The fourth-order valence-electron chi connectivity index (χ4n) is 5.83. The lowest BCUT2D eigenvalue weighted by atomic mass is 10.1. The van der Waals surface area contributed by atoms with Gasteiger partial charge in [0.1, 0.15) is 11.3 Å². The molecule has 4 N–H and O–H groups in total. The van der Waals surface area contributed by atoms with Gasteiger partial charge in [0.05, 0.1) is 48.4 Å². The van der Waals surface area contributed by atoms with Gasteiger partial charge in [0, 0.05) is 51.4 Å². The second kappa shape index (κ2) is 15.7. The molecule has 0 saturated carbocycles. The lowest BCUT2D eigenvalue weighted by molar-refractivity contribution is 0.0358. The molecular formula is C34H39N9O7S. The number of esters is 1. The quantitative estimate of drug-likeness (QED) is 0.0863. The SMILES string of the molecule is CCc1nc(C)oc1C(=O)Nc1nc2cc(C(N)=O)cc(OCCCN3CCOCC3)c2n1CC=CCn1c(=N)sc2cc(C(=O)OC)cnc21. The van der Waals surface area contributed by atoms with Crippen LogP contribution in [0.4, 0.5) is 5.95 Å². The Morgan fingerprint density at radius 1 is 1.10 bits per heavy atom. The van der Waals surface area contributed by atoms with Crippen molar-refractivity contribution >= 4 is 56.4 Å². The van der Waals surface area contributed by atoms with Crippen LogP contribution in [0.25, 0.3) is 21.4 Å². The van der Waals surface area contributed by atoms with E-state index in [1.54, 1.807) is 34.3 Å². The average molecular weight is 718 g/mol. The number of morpholine rings is 1. The summed E-state index contributed by atoms with van der Waals surface area (Å²) in [5.41, 5.74) is 8.26. The van der Waals surface area contributed by atoms with Crippen molar-refractivity contribution in [2.24, 2.45) is 5.73 Å². The number of methoxy groups -OCH3 is 1. The van der Waals surface area contributed by atoms with Crippen molar-refractivity contribution in [3.63, 3.8) is 0 Å². The van der Waals surface area contributed by atoms with Crippen molar-refractivity contribution in [1.82, 2.24) is 29.0 Å². The minimum absolute atomic E-state index is 0.0909. The van der Waals surface area contributed by atoms with Crippen molar-refractivity contribution in [2.75, 3.05) is 51.9 Å². The van der Waals surface area contributed by atoms with Crippen molar-refractivity contribution in [3.8, 4) is 5.75 Å². The van der Waals surface area contributed by atoms with E-state index in [1.807, 2.05) is 19.1 Å². The largest absolute Gasteiger partial charge is 0.491 e. The molecule has 1 aliphatic rings. The summed E-state index contributed by atoms with van der Waals surface area (Å²) in [4.78, 5) is 53.8. The Morgan fingerprint density at radius 2 is 1.86 bits per heavy atom. The van der Waals surface area contributed by atoms with E-state index in [0.29, 0.717) is 77.1 Å². The maximum atomic E-state index is 13.5. The molecule has 5 aromatic rings. The van der Waals surface area contributed by atoms with Crippen LogP contribution in [0.5, 0.6) is 5.75 Å². The van der Waals surface area contributed by atoms with Gasteiger partial charge in [-0.2, -0.15) is 0 Å². The number of nitrogens with one attached hydrogen (secondary N) is 2. The maximum Gasteiger partial charge on any atom is 0.339 e. The zero-order chi connectivity index (χ0) is 36.1. The van der Waals surface area contributed by atoms with Crippen LogP contribution in [-0.2, 0) is 29.0 Å². The lowest BCUT2D eigenvalue weighted by Gasteiger charge is -2.26. The number of amides is 2. The van der Waals surface area contributed by atoms with Crippen LogP contribution in [0.15, 0.2) is 41.0 Å². The number of nitrogens with two attached hydrogens (primary N) is 1. The molecule has 6 rings (SSSR count). The van der Waals surface area contributed by atoms with Gasteiger partial charge in [0.25, 0.3) is 5.91 Å². The summed E-state index contributed by atoms with van der Waals surface area (Å²) >= 11 is 1.20. The average Bonchev–Trinajstić information content (AvgIpc) is 3.79. The van der Waals surface area contributed by atoms with Crippen LogP contribution in [-0.4, -0.2) is 93.3 Å². The fraction of sp³-hybridized carbons (Fsp3) is 0.382. The third kappa shape index (κ3) is 7.84. The van der Waals surface area contributed by atoms with Gasteiger partial charge in [-0.15, -0.1) is 0 Å². The summed E-state index contributed by atoms with van der Waals surface area (Å²) in [7, 11) is 1.30. The van der Waals surface area contributed by atoms with E-state index in [-0.39, 0.29) is 28.6 Å². The molecule has 0 atom stereocenters. The molecule has 0 aliphatic carbocycles. The Labute approximate surface area is 296 Å². The van der Waals surface area contributed by atoms with Gasteiger partial charge in [0.2, 0.25) is 17.6 Å². The maximum absolute atomic E-state index is 13.5. The van der Waals surface area contributed by atoms with Gasteiger partial charge in [-0.05, 0) is 31.0 Å². The van der Waals surface area contributed by atoms with E-state index in [4.69, 9.17) is 34.8 Å². The number of imidazole rings is 1. The highest BCUT2D eigenvalue weighted by Gasteiger charge is 2.23. The topological polar surface area (TPSA) is 206 Å². The van der Waals surface area contributed by atoms with Crippen molar-refractivity contribution in [1.29, 1.82) is 5.41 Å². The van der Waals surface area contributed by atoms with Crippen LogP contribution in [0.2, 0.25) is 0 Å². The number of carbonyl (C=O) groups is 3. The van der Waals surface area contributed by atoms with Crippen molar-refractivity contribution in [2.45, 2.75) is 39.8 Å². The molecule has 0 bridgehead atoms. The van der Waals surface area contributed by atoms with Gasteiger partial charge in [0.15, 0.2) is 16.3 Å². The van der Waals surface area contributed by atoms with Crippen LogP contribution < -0.4 is 20.6 Å². The van der Waals surface area contributed by atoms with E-state index >= 15 is 0 Å². The van der Waals surface area contributed by atoms with Crippen LogP contribution in [0.3, 0.4) is 0 Å². The first-order chi connectivity index (χ1) is 24.7. The van der Waals surface area contributed by atoms with E-state index in [0.717, 1.165) is 26.1 Å². The highest BCUT2D eigenvalue weighted by atomic mass is 32.1. The first-order valence-electron chi connectivity index (χ1n) is 16.5. The molecule has 1 aliphatic heterocycles. The van der Waals surface area contributed by atoms with Crippen LogP contribution in [0.1, 0.15) is 56.2 Å². The third-order valence-electron chi connectivity index (χ3n) is 8.35. The minimum Gasteiger partial charge on any atom is -0.491 e. The number of ether oxygens (including phenoxy) is 3. The first kappa shape index (κ1) is 35.4. The predicted octanol–water partition coefficient (Wildman–Crippen LogP) is 3.28. The Balaban J connectivity index is 1.31. The molecule has 51 heavy (non-hydrogen) atoms. The number of allylic oxidation sites excluding steroid dienone is 2. The summed E-state index contributed by atoms with van der Waals surface area (Å²) in [5, 5.41) is 11.4. The number of pyridine rings is 1. The monoisotopic (exact) mass is 717 g/mol. The molecular weight excluding hydrogens is 678 g/mol. The van der Waals surface area contributed by atoms with Crippen molar-refractivity contribution < 1.29 is 33.0 Å². The predicted molar refractivity (Wildman–Crippen MR) is 188 cm³/mol. The molecule has 5 heterocycles. The fourth-order valence-corrected chi connectivity index (χ4v) is 6.75. The number of primary amides is 1. The zero-order valence-corrected chi connectivity index (χ0v) is 29.4. The third-order valence-corrected chi connectivity index (χ3v) is 9.28. The molecule has 0 spiro atoms. The van der Waals surface area contributed by atoms with Crippen LogP contribution in [0, 0.1) is 12.3 Å². The standard InChI is InChI=1S/C34H39N9O7S/c1-4-23-28(50-20(2)38-23)31(45)40-34-39-24-16-21(29(35)44)17-25(49-13-7-8-41-11-14-48-15-12-41)27(24)42(34)9-5-6-10-43-30-26(51-33(43)36)18-22(19-37-30)32(46)47-3/h5-6,16-19,36H,4,7-15H2,1-3H3,(H2,35,44)(H,39,40,45). The van der Waals surface area contributed by atoms with Gasteiger partial charge in [-0.3, -0.25) is 29.8 Å². The lowest BCUT2D eigenvalue weighted by Crippen LogP contribution is -2.37. The number of anilines is 1. The molecule has 16 nitrogen and oxygen atoms in total. The van der Waals surface area contributed by atoms with E-state index in [2.05, 4.69) is 20.2 Å². The summed E-state index contributed by atoms with van der Waals surface area (Å²) in [6.07, 6.45) is 6.40. The number of oxazole rings is 1. The molecule has 17 heteroatoms. The number of rotatable bonds is 14. The molecule has 0 unspecified atom stereocenters. The number of nitrogens with zero attached hydrogens (tertiary/aromatic N) is 6. The molecule has 268 valence electrons. The normalized spacial score (nSPS) is 13.7. The summed E-state index contributed by atoms with van der Waals surface area (Å²) in [5.74, 6) is -0.609. The number of fused-ring (bicyclic) bond motifs is 2. The molecule has 2 amide bonds. The molecule has 4 aromatic heterocycles. The summed E-state index contributed by atoms with van der Waals surface area (Å²) in [6.45, 7) is 8.42. The molecule has 1 fully saturated rings. The highest BCUT2D eigenvalue weighted by Crippen LogP contribution is 2.32. The van der Waals surface area contributed by atoms with E-state index in [1.165, 1.54) is 24.6 Å². The van der Waals surface area contributed by atoms with Gasteiger partial charge in [-0.25, -0.2) is 19.7 Å². The molecule has 0 radical (unpaired) electrons. The zero-order valence-electron chi connectivity index (χ0n) is 28.6. The molecule has 1 aromatic carbocycles. The Bertz CT molecular complexity index is 2180. The Hall–Kier alpha value is -5.39. The number of benzene rings is 1. The smallest absolute Gasteiger partial charge is 0.339 e. The van der Waals surface area contributed by atoms with E-state index < -0.39 is 17.8 Å². The van der Waals surface area contributed by atoms with Crippen LogP contribution >= 0.6 is 11.3 Å². The Kier molecular flexibility index (Phi) is 10.9. The number of hydrogen-bond donors (Lipinski definition) is 3. The number of thiazole rings is 1. The summed E-state index contributed by atoms with van der Waals surface area (Å²) in [6, 6.07) is 4.82. The second-order valence-corrected chi connectivity index (χ2v) is 12.8. The van der Waals surface area contributed by atoms with Gasteiger partial charge >= 0.3 is 5.97 Å². The van der Waals surface area contributed by atoms with Crippen molar-refractivity contribution in [3.05, 3.63) is 69.8 Å². The van der Waals surface area contributed by atoms with Gasteiger partial charge < -0.3 is 28.9 Å². The number of aromatic nitrogens is 5.